The van der Waals surface area contributed by atoms with E-state index in [-0.39, 0.29) is 12.4 Å². The lowest BCUT2D eigenvalue weighted by Gasteiger charge is -1.99. The van der Waals surface area contributed by atoms with Crippen LogP contribution in [-0.2, 0) is 0 Å². The third-order valence-corrected chi connectivity index (χ3v) is 1.48. The van der Waals surface area contributed by atoms with Crippen molar-refractivity contribution < 1.29 is 9.28 Å². The molecule has 0 saturated carbocycles. The molecule has 1 aromatic carbocycles. The zero-order chi connectivity index (χ0) is 8.27. The van der Waals surface area contributed by atoms with E-state index in [0.717, 1.165) is 11.1 Å². The second-order valence-corrected chi connectivity index (χ2v) is 2.24. The first-order valence-electron chi connectivity index (χ1n) is 3.22. The molecule has 0 bridgehead atoms. The van der Waals surface area contributed by atoms with Crippen molar-refractivity contribution in [3.05, 3.63) is 35.4 Å². The molecule has 0 spiro atoms. The second kappa shape index (κ2) is 4.72. The minimum atomic E-state index is -0.692. The molecule has 0 saturated heterocycles. The first kappa shape index (κ1) is 10.9. The van der Waals surface area contributed by atoms with Gasteiger partial charge in [0.2, 0.25) is 0 Å². The fraction of sp³-hybridized carbons (Fsp3) is 0.125. The van der Waals surface area contributed by atoms with Gasteiger partial charge in [0.15, 0.2) is 0 Å². The Labute approximate surface area is 76.1 Å². The van der Waals surface area contributed by atoms with Gasteiger partial charge in [-0.1, -0.05) is 22.7 Å². The summed E-state index contributed by atoms with van der Waals surface area (Å²) in [6.45, 7) is 1.75. The van der Waals surface area contributed by atoms with E-state index in [0.29, 0.717) is 5.56 Å². The Morgan fingerprint density at radius 1 is 1.42 bits per heavy atom. The van der Waals surface area contributed by atoms with Crippen LogP contribution in [0.5, 0.6) is 0 Å². The zero-order valence-electron chi connectivity index (χ0n) is 6.50. The Bertz CT molecular complexity index is 278. The maximum atomic E-state index is 11.7. The van der Waals surface area contributed by atoms with Gasteiger partial charge >= 0.3 is 0 Å². The van der Waals surface area contributed by atoms with Crippen LogP contribution >= 0.6 is 12.4 Å². The molecule has 0 atom stereocenters. The molecular formula is C8H9ClFNO. The van der Waals surface area contributed by atoms with Crippen molar-refractivity contribution in [3.8, 4) is 0 Å². The molecule has 2 nitrogen and oxygen atoms in total. The van der Waals surface area contributed by atoms with Crippen molar-refractivity contribution in [2.24, 2.45) is 0 Å². The van der Waals surface area contributed by atoms with Gasteiger partial charge in [0.05, 0.1) is 0 Å². The van der Waals surface area contributed by atoms with Gasteiger partial charge in [0.25, 0.3) is 5.91 Å². The van der Waals surface area contributed by atoms with Crippen molar-refractivity contribution in [1.29, 1.82) is 0 Å². The van der Waals surface area contributed by atoms with Crippen molar-refractivity contribution in [2.75, 3.05) is 0 Å². The molecule has 1 amide bonds. The molecular weight excluding hydrogens is 181 g/mol. The minimum absolute atomic E-state index is 0. The van der Waals surface area contributed by atoms with Crippen molar-refractivity contribution in [2.45, 2.75) is 6.92 Å². The highest BCUT2D eigenvalue weighted by Gasteiger charge is 2.05. The number of halogens is 2. The second-order valence-electron chi connectivity index (χ2n) is 2.24. The topological polar surface area (TPSA) is 29.1 Å². The van der Waals surface area contributed by atoms with E-state index in [1.165, 1.54) is 0 Å². The van der Waals surface area contributed by atoms with Crippen molar-refractivity contribution >= 4 is 18.3 Å². The Morgan fingerprint density at radius 2 is 2.00 bits per heavy atom. The molecule has 0 aliphatic heterocycles. The van der Waals surface area contributed by atoms with Crippen LogP contribution in [0.25, 0.3) is 0 Å². The fourth-order valence-electron chi connectivity index (χ4n) is 0.879. The van der Waals surface area contributed by atoms with Crippen LogP contribution in [0.1, 0.15) is 15.9 Å². The lowest BCUT2D eigenvalue weighted by molar-refractivity contribution is 0.0859. The fourth-order valence-corrected chi connectivity index (χ4v) is 0.879. The van der Waals surface area contributed by atoms with E-state index in [2.05, 4.69) is 0 Å². The molecule has 0 aliphatic rings. The summed E-state index contributed by atoms with van der Waals surface area (Å²) in [6.07, 6.45) is 0. The van der Waals surface area contributed by atoms with E-state index in [4.69, 9.17) is 0 Å². The first-order valence-corrected chi connectivity index (χ1v) is 3.22. The number of nitrogens with one attached hydrogen (secondary N) is 1. The molecule has 66 valence electrons. The highest BCUT2D eigenvalue weighted by molar-refractivity contribution is 5.94. The molecule has 1 N–H and O–H groups in total. The summed E-state index contributed by atoms with van der Waals surface area (Å²) in [5.41, 5.74) is 2.22. The van der Waals surface area contributed by atoms with Crippen LogP contribution < -0.4 is 5.54 Å². The van der Waals surface area contributed by atoms with Gasteiger partial charge in [-0.25, -0.2) is 0 Å². The first-order chi connectivity index (χ1) is 5.25. The Hall–Kier alpha value is -1.09. The normalized spacial score (nSPS) is 8.50. The van der Waals surface area contributed by atoms with Gasteiger partial charge in [-0.3, -0.25) is 4.79 Å². The summed E-state index contributed by atoms with van der Waals surface area (Å²) < 4.78 is 11.7. The third kappa shape index (κ3) is 2.20. The molecule has 0 aromatic heterocycles. The maximum Gasteiger partial charge on any atom is 0.279 e. The summed E-state index contributed by atoms with van der Waals surface area (Å²) in [4.78, 5) is 10.7. The smallest absolute Gasteiger partial charge is 0.267 e. The minimum Gasteiger partial charge on any atom is -0.267 e. The van der Waals surface area contributed by atoms with Crippen LogP contribution in [0.4, 0.5) is 4.48 Å². The third-order valence-electron chi connectivity index (χ3n) is 1.48. The standard InChI is InChI=1S/C8H8FNO.ClH/c1-6-4-2-3-5-7(6)8(11)10-9;/h2-5H,1H3,(H,10,11);1H. The van der Waals surface area contributed by atoms with Crippen LogP contribution in [0.2, 0.25) is 0 Å². The lowest BCUT2D eigenvalue weighted by atomic mass is 10.1. The van der Waals surface area contributed by atoms with Gasteiger partial charge in [0, 0.05) is 5.56 Å². The van der Waals surface area contributed by atoms with E-state index in [1.54, 1.807) is 31.2 Å². The van der Waals surface area contributed by atoms with E-state index >= 15 is 0 Å². The summed E-state index contributed by atoms with van der Waals surface area (Å²) >= 11 is 0. The molecule has 4 heteroatoms. The number of benzene rings is 1. The van der Waals surface area contributed by atoms with E-state index < -0.39 is 5.91 Å². The highest BCUT2D eigenvalue weighted by Crippen LogP contribution is 2.05. The number of hydrogen-bond acceptors (Lipinski definition) is 1. The molecule has 12 heavy (non-hydrogen) atoms. The van der Waals surface area contributed by atoms with Gasteiger partial charge < -0.3 is 0 Å². The SMILES string of the molecule is Cc1ccccc1C(=O)NF.Cl. The zero-order valence-corrected chi connectivity index (χ0v) is 7.32. The molecule has 0 aliphatic carbocycles. The largest absolute Gasteiger partial charge is 0.279 e. The van der Waals surface area contributed by atoms with Crippen LogP contribution in [0.15, 0.2) is 24.3 Å². The van der Waals surface area contributed by atoms with Gasteiger partial charge in [-0.2, -0.15) is 5.54 Å². The predicted molar refractivity (Wildman–Crippen MR) is 47.0 cm³/mol. The molecule has 0 unspecified atom stereocenters. The number of amides is 1. The predicted octanol–water partition coefficient (Wildman–Crippen LogP) is 2.03. The molecule has 0 fully saturated rings. The average molecular weight is 190 g/mol. The highest BCUT2D eigenvalue weighted by atomic mass is 35.5. The maximum absolute atomic E-state index is 11.7. The van der Waals surface area contributed by atoms with Crippen LogP contribution in [0, 0.1) is 6.92 Å². The summed E-state index contributed by atoms with van der Waals surface area (Å²) in [7, 11) is 0. The Kier molecular flexibility index (Phi) is 4.29. The lowest BCUT2D eigenvalue weighted by Crippen LogP contribution is -2.14. The molecule has 0 radical (unpaired) electrons. The van der Waals surface area contributed by atoms with Crippen molar-refractivity contribution in [3.63, 3.8) is 0 Å². The van der Waals surface area contributed by atoms with Crippen LogP contribution in [0.3, 0.4) is 0 Å². The molecule has 1 aromatic rings. The summed E-state index contributed by atoms with van der Waals surface area (Å²) in [5.74, 6) is -0.692. The van der Waals surface area contributed by atoms with Gasteiger partial charge in [0.1, 0.15) is 0 Å². The molecule has 1 rings (SSSR count). The summed E-state index contributed by atoms with van der Waals surface area (Å²) in [5, 5.41) is 0. The quantitative estimate of drug-likeness (QED) is 0.673. The van der Waals surface area contributed by atoms with Crippen LogP contribution in [-0.4, -0.2) is 5.91 Å². The van der Waals surface area contributed by atoms with Gasteiger partial charge in [-0.15, -0.1) is 12.4 Å². The number of carbonyl (C=O) groups is 1. The van der Waals surface area contributed by atoms with Gasteiger partial charge in [-0.05, 0) is 18.6 Å². The van der Waals surface area contributed by atoms with E-state index in [1.807, 2.05) is 0 Å². The van der Waals surface area contributed by atoms with Crippen molar-refractivity contribution in [1.82, 2.24) is 5.54 Å². The average Bonchev–Trinajstić information content (AvgIpc) is 2.04. The number of carbonyl (C=O) groups excluding carboxylic acids is 1. The Morgan fingerprint density at radius 3 is 2.50 bits per heavy atom. The number of aryl methyl sites for hydroxylation is 1. The monoisotopic (exact) mass is 189 g/mol. The number of rotatable bonds is 1. The summed E-state index contributed by atoms with van der Waals surface area (Å²) in [6, 6.07) is 6.82. The molecule has 0 heterocycles. The number of hydrogen-bond donors (Lipinski definition) is 1. The Balaban J connectivity index is 0.00000121. The van der Waals surface area contributed by atoms with E-state index in [9.17, 15) is 9.28 Å².